The molecule has 0 aromatic carbocycles. The molecule has 1 aromatic rings. The van der Waals surface area contributed by atoms with E-state index in [2.05, 4.69) is 32.9 Å². The van der Waals surface area contributed by atoms with Gasteiger partial charge in [0.1, 0.15) is 5.82 Å². The summed E-state index contributed by atoms with van der Waals surface area (Å²) in [6.45, 7) is 8.77. The van der Waals surface area contributed by atoms with Gasteiger partial charge in [0.15, 0.2) is 0 Å². The number of hydrogen-bond donors (Lipinski definition) is 1. The Labute approximate surface area is 138 Å². The Hall–Kier alpha value is -1.40. The van der Waals surface area contributed by atoms with Gasteiger partial charge in [-0.15, -0.1) is 0 Å². The minimum atomic E-state index is 0.311. The number of imidazole rings is 1. The first-order valence-corrected chi connectivity index (χ1v) is 9.00. The van der Waals surface area contributed by atoms with Crippen molar-refractivity contribution in [3.63, 3.8) is 0 Å². The molecule has 0 aliphatic carbocycles. The molecule has 128 valence electrons. The summed E-state index contributed by atoms with van der Waals surface area (Å²) in [5.74, 6) is 1.49. The SMILES string of the molecule is CCc1nccn1C1CCCN(CCC(=O)N2CCNCC2)C1. The molecule has 6 nitrogen and oxygen atoms in total. The van der Waals surface area contributed by atoms with E-state index in [0.29, 0.717) is 18.4 Å². The molecule has 3 heterocycles. The first-order valence-electron chi connectivity index (χ1n) is 9.00. The zero-order valence-corrected chi connectivity index (χ0v) is 14.2. The van der Waals surface area contributed by atoms with Gasteiger partial charge in [-0.1, -0.05) is 6.92 Å². The lowest BCUT2D eigenvalue weighted by Crippen LogP contribution is -2.47. The van der Waals surface area contributed by atoms with Crippen LogP contribution in [0.25, 0.3) is 0 Å². The normalized spacial score (nSPS) is 23.2. The molecule has 3 rings (SSSR count). The first-order chi connectivity index (χ1) is 11.3. The van der Waals surface area contributed by atoms with E-state index in [1.165, 1.54) is 18.7 Å². The van der Waals surface area contributed by atoms with Gasteiger partial charge < -0.3 is 19.7 Å². The lowest BCUT2D eigenvalue weighted by Gasteiger charge is -2.34. The highest BCUT2D eigenvalue weighted by Gasteiger charge is 2.24. The van der Waals surface area contributed by atoms with Crippen LogP contribution < -0.4 is 5.32 Å². The molecule has 0 spiro atoms. The van der Waals surface area contributed by atoms with E-state index in [0.717, 1.165) is 52.2 Å². The highest BCUT2D eigenvalue weighted by atomic mass is 16.2. The van der Waals surface area contributed by atoms with E-state index in [4.69, 9.17) is 0 Å². The second-order valence-electron chi connectivity index (χ2n) is 6.58. The number of likely N-dealkylation sites (tertiary alicyclic amines) is 1. The zero-order chi connectivity index (χ0) is 16.1. The average molecular weight is 319 g/mol. The minimum absolute atomic E-state index is 0.311. The van der Waals surface area contributed by atoms with E-state index < -0.39 is 0 Å². The van der Waals surface area contributed by atoms with Crippen molar-refractivity contribution >= 4 is 5.91 Å². The molecule has 23 heavy (non-hydrogen) atoms. The van der Waals surface area contributed by atoms with Crippen molar-refractivity contribution in [2.24, 2.45) is 0 Å². The fourth-order valence-electron chi connectivity index (χ4n) is 3.74. The molecule has 0 radical (unpaired) electrons. The van der Waals surface area contributed by atoms with Crippen molar-refractivity contribution in [1.82, 2.24) is 24.7 Å². The maximum absolute atomic E-state index is 12.3. The van der Waals surface area contributed by atoms with Gasteiger partial charge in [0.25, 0.3) is 0 Å². The first kappa shape index (κ1) is 16.5. The molecule has 1 atom stereocenters. The number of nitrogens with zero attached hydrogens (tertiary/aromatic N) is 4. The number of rotatable bonds is 5. The molecule has 2 saturated heterocycles. The Bertz CT molecular complexity index is 509. The predicted octanol–water partition coefficient (Wildman–Crippen LogP) is 0.904. The van der Waals surface area contributed by atoms with Crippen LogP contribution in [0.5, 0.6) is 0 Å². The third-order valence-electron chi connectivity index (χ3n) is 5.05. The van der Waals surface area contributed by atoms with E-state index in [1.807, 2.05) is 11.1 Å². The lowest BCUT2D eigenvalue weighted by molar-refractivity contribution is -0.132. The van der Waals surface area contributed by atoms with Crippen molar-refractivity contribution in [3.05, 3.63) is 18.2 Å². The predicted molar refractivity (Wildman–Crippen MR) is 90.4 cm³/mol. The van der Waals surface area contributed by atoms with Gasteiger partial charge in [0.2, 0.25) is 5.91 Å². The second kappa shape index (κ2) is 7.93. The molecular formula is C17H29N5O. The lowest BCUT2D eigenvalue weighted by atomic mass is 10.0. The van der Waals surface area contributed by atoms with Crippen LogP contribution in [0.2, 0.25) is 0 Å². The fourth-order valence-corrected chi connectivity index (χ4v) is 3.74. The van der Waals surface area contributed by atoms with Crippen molar-refractivity contribution in [1.29, 1.82) is 0 Å². The van der Waals surface area contributed by atoms with Crippen LogP contribution in [0.4, 0.5) is 0 Å². The summed E-state index contributed by atoms with van der Waals surface area (Å²) in [4.78, 5) is 21.2. The molecule has 0 saturated carbocycles. The third kappa shape index (κ3) is 4.12. The van der Waals surface area contributed by atoms with E-state index in [-0.39, 0.29) is 0 Å². The van der Waals surface area contributed by atoms with Gasteiger partial charge in [-0.2, -0.15) is 0 Å². The smallest absolute Gasteiger partial charge is 0.223 e. The largest absolute Gasteiger partial charge is 0.340 e. The number of aromatic nitrogens is 2. The molecule has 2 aliphatic rings. The van der Waals surface area contributed by atoms with Crippen LogP contribution >= 0.6 is 0 Å². The van der Waals surface area contributed by atoms with Crippen LogP contribution in [-0.2, 0) is 11.2 Å². The van der Waals surface area contributed by atoms with Gasteiger partial charge in [0.05, 0.1) is 0 Å². The Morgan fingerprint density at radius 1 is 1.35 bits per heavy atom. The fraction of sp³-hybridized carbons (Fsp3) is 0.765. The van der Waals surface area contributed by atoms with Crippen LogP contribution in [0.3, 0.4) is 0 Å². The number of nitrogens with one attached hydrogen (secondary N) is 1. The van der Waals surface area contributed by atoms with Crippen molar-refractivity contribution < 1.29 is 4.79 Å². The number of piperazine rings is 1. The summed E-state index contributed by atoms with van der Waals surface area (Å²) in [5.41, 5.74) is 0. The van der Waals surface area contributed by atoms with Crippen molar-refractivity contribution in [3.8, 4) is 0 Å². The van der Waals surface area contributed by atoms with Gasteiger partial charge in [-0.3, -0.25) is 4.79 Å². The molecule has 6 heteroatoms. The van der Waals surface area contributed by atoms with Crippen LogP contribution in [-0.4, -0.2) is 71.1 Å². The van der Waals surface area contributed by atoms with Crippen molar-refractivity contribution in [2.45, 2.75) is 38.6 Å². The summed E-state index contributed by atoms with van der Waals surface area (Å²) in [6, 6.07) is 0.510. The number of aryl methyl sites for hydroxylation is 1. The maximum Gasteiger partial charge on any atom is 0.223 e. The Balaban J connectivity index is 1.49. The number of piperidine rings is 1. The molecule has 1 amide bonds. The topological polar surface area (TPSA) is 53.4 Å². The van der Waals surface area contributed by atoms with E-state index in [9.17, 15) is 4.79 Å². The number of amides is 1. The van der Waals surface area contributed by atoms with E-state index in [1.54, 1.807) is 0 Å². The van der Waals surface area contributed by atoms with Crippen LogP contribution in [0.1, 0.15) is 38.1 Å². The van der Waals surface area contributed by atoms with Crippen molar-refractivity contribution in [2.75, 3.05) is 45.8 Å². The zero-order valence-electron chi connectivity index (χ0n) is 14.2. The number of hydrogen-bond acceptors (Lipinski definition) is 4. The molecule has 2 aliphatic heterocycles. The summed E-state index contributed by atoms with van der Waals surface area (Å²) >= 11 is 0. The Kier molecular flexibility index (Phi) is 5.67. The quantitative estimate of drug-likeness (QED) is 0.876. The van der Waals surface area contributed by atoms with E-state index >= 15 is 0 Å². The average Bonchev–Trinajstić information content (AvgIpc) is 3.09. The Morgan fingerprint density at radius 3 is 2.96 bits per heavy atom. The Morgan fingerprint density at radius 2 is 2.17 bits per heavy atom. The van der Waals surface area contributed by atoms with Gasteiger partial charge in [0, 0.05) is 70.5 Å². The highest BCUT2D eigenvalue weighted by Crippen LogP contribution is 2.23. The summed E-state index contributed by atoms with van der Waals surface area (Å²) in [5, 5.41) is 3.29. The summed E-state index contributed by atoms with van der Waals surface area (Å²) in [6.07, 6.45) is 8.06. The summed E-state index contributed by atoms with van der Waals surface area (Å²) < 4.78 is 2.34. The van der Waals surface area contributed by atoms with Gasteiger partial charge in [-0.05, 0) is 19.4 Å². The monoisotopic (exact) mass is 319 g/mol. The minimum Gasteiger partial charge on any atom is -0.340 e. The van der Waals surface area contributed by atoms with Crippen LogP contribution in [0.15, 0.2) is 12.4 Å². The molecule has 1 aromatic heterocycles. The highest BCUT2D eigenvalue weighted by molar-refractivity contribution is 5.76. The maximum atomic E-state index is 12.3. The third-order valence-corrected chi connectivity index (χ3v) is 5.05. The van der Waals surface area contributed by atoms with Gasteiger partial charge >= 0.3 is 0 Å². The summed E-state index contributed by atoms with van der Waals surface area (Å²) in [7, 11) is 0. The van der Waals surface area contributed by atoms with Crippen LogP contribution in [0, 0.1) is 0 Å². The molecular weight excluding hydrogens is 290 g/mol. The molecule has 1 unspecified atom stereocenters. The number of carbonyl (C=O) groups is 1. The molecule has 0 bridgehead atoms. The standard InChI is InChI=1S/C17H29N5O/c1-2-16-19-8-13-22(16)15-4-3-9-20(14-15)10-5-17(23)21-11-6-18-7-12-21/h8,13,15,18H,2-7,9-12,14H2,1H3. The second-order valence-corrected chi connectivity index (χ2v) is 6.58. The molecule has 2 fully saturated rings. The molecule has 1 N–H and O–H groups in total. The number of carbonyl (C=O) groups excluding carboxylic acids is 1. The van der Waals surface area contributed by atoms with Gasteiger partial charge in [-0.25, -0.2) is 4.98 Å².